The molecule has 0 heterocycles. The Morgan fingerprint density at radius 1 is 0.324 bits per heavy atom. The van der Waals surface area contributed by atoms with Gasteiger partial charge in [-0.15, -0.1) is 0 Å². The molecule has 0 nitrogen and oxygen atoms in total. The van der Waals surface area contributed by atoms with Crippen LogP contribution in [0.25, 0.3) is 0 Å². The highest BCUT2D eigenvalue weighted by Crippen LogP contribution is 2.20. The van der Waals surface area contributed by atoms with Crippen molar-refractivity contribution in [3.63, 3.8) is 0 Å². The second-order valence-corrected chi connectivity index (χ2v) is 20.6. The topological polar surface area (TPSA) is 0 Å². The Bertz CT molecular complexity index is 409. The van der Waals surface area contributed by atoms with E-state index in [-0.39, 0.29) is 0 Å². The third-order valence-corrected chi connectivity index (χ3v) is 10.8. The van der Waals surface area contributed by atoms with Gasteiger partial charge >= 0.3 is 0 Å². The summed E-state index contributed by atoms with van der Waals surface area (Å²) in [7, 11) is -1.31. The van der Waals surface area contributed by atoms with Gasteiger partial charge in [0.1, 0.15) is 7.38 Å². The Kier molecular flexibility index (Phi) is 32.4. The van der Waals surface area contributed by atoms with Crippen LogP contribution in [0, 0.1) is 0 Å². The van der Waals surface area contributed by atoms with Gasteiger partial charge in [0.2, 0.25) is 0 Å². The van der Waals surface area contributed by atoms with Gasteiger partial charge in [0.25, 0.3) is 0 Å². The Labute approximate surface area is 250 Å². The first-order valence-corrected chi connectivity index (χ1v) is 22.7. The molecule has 0 spiro atoms. The molecule has 0 radical (unpaired) electrons. The molecule has 0 amide bonds. The predicted molar refractivity (Wildman–Crippen MR) is 180 cm³/mol. The van der Waals surface area contributed by atoms with E-state index in [0.717, 1.165) is 0 Å². The molecule has 0 aromatic carbocycles. The molecule has 3 heteroatoms. The van der Waals surface area contributed by atoms with Crippen molar-refractivity contribution >= 4 is 34.4 Å². The van der Waals surface area contributed by atoms with Gasteiger partial charge in [-0.1, -0.05) is 215 Å². The highest BCUT2D eigenvalue weighted by atomic mass is 79.9. The Morgan fingerprint density at radius 2 is 0.486 bits per heavy atom. The number of hydrogen-bond donors (Lipinski definition) is 0. The molecule has 0 unspecified atom stereocenters. The number of alkyl halides is 1. The van der Waals surface area contributed by atoms with Crippen molar-refractivity contribution < 1.29 is 0 Å². The van der Waals surface area contributed by atoms with Crippen LogP contribution in [-0.2, 0) is 0 Å². The van der Waals surface area contributed by atoms with Crippen LogP contribution >= 0.6 is 27.0 Å². The lowest BCUT2D eigenvalue weighted by atomic mass is 10.0. The zero-order valence-electron chi connectivity index (χ0n) is 25.9. The van der Waals surface area contributed by atoms with Crippen LogP contribution < -0.4 is 0 Å². The van der Waals surface area contributed by atoms with Gasteiger partial charge < -0.3 is 0 Å². The molecule has 0 saturated heterocycles. The van der Waals surface area contributed by atoms with Gasteiger partial charge in [-0.2, -0.15) is 11.1 Å². The molecule has 0 bridgehead atoms. The van der Waals surface area contributed by atoms with Crippen LogP contribution in [0.1, 0.15) is 193 Å². The van der Waals surface area contributed by atoms with Crippen molar-refractivity contribution in [1.82, 2.24) is 0 Å². The normalized spacial score (nSPS) is 12.0. The fourth-order valence-electron chi connectivity index (χ4n) is 5.59. The molecule has 0 saturated carbocycles. The fraction of sp³-hybridized carbons (Fsp3) is 1.00. The summed E-state index contributed by atoms with van der Waals surface area (Å²) in [5, 5.41) is 1.19. The summed E-state index contributed by atoms with van der Waals surface area (Å²) in [6.07, 6.45) is 43.9. The van der Waals surface area contributed by atoms with E-state index in [1.807, 2.05) is 0 Å². The molecular weight excluding hydrogens is 552 g/mol. The van der Waals surface area contributed by atoms with Gasteiger partial charge in [-0.25, -0.2) is 0 Å². The molecule has 0 N–H and O–H groups in total. The van der Waals surface area contributed by atoms with Crippen LogP contribution in [0.4, 0.5) is 0 Å². The Hall–Kier alpha value is 0.987. The average molecular weight is 622 g/mol. The molecule has 0 fully saturated rings. The lowest BCUT2D eigenvalue weighted by Crippen LogP contribution is -2.14. The standard InChI is InChI=1S/C34H70BrClSi/c1-37(2,36)34-32-30-28-26-24-22-20-18-16-14-12-10-8-6-4-3-5-7-9-11-13-15-17-19-21-23-25-27-29-31-33-35/h3-34H2,1-2H3. The van der Waals surface area contributed by atoms with E-state index >= 15 is 0 Å². The molecule has 37 heavy (non-hydrogen) atoms. The molecule has 0 aliphatic carbocycles. The average Bonchev–Trinajstić information content (AvgIpc) is 2.86. The maximum absolute atomic E-state index is 6.39. The molecule has 0 aliphatic rings. The van der Waals surface area contributed by atoms with Crippen LogP contribution in [0.2, 0.25) is 19.1 Å². The Morgan fingerprint density at radius 3 is 0.649 bits per heavy atom. The largest absolute Gasteiger partial charge is 0.168 e. The lowest BCUT2D eigenvalue weighted by molar-refractivity contribution is 0.513. The number of unbranched alkanes of at least 4 members (excludes halogenated alkanes) is 29. The number of rotatable bonds is 32. The third-order valence-electron chi connectivity index (χ3n) is 8.15. The van der Waals surface area contributed by atoms with Crippen molar-refractivity contribution in [3.05, 3.63) is 0 Å². The summed E-state index contributed by atoms with van der Waals surface area (Å²) >= 11 is 9.91. The molecular formula is C34H70BrClSi. The second-order valence-electron chi connectivity index (χ2n) is 12.8. The quantitative estimate of drug-likeness (QED) is 0.0303. The van der Waals surface area contributed by atoms with Gasteiger partial charge in [0, 0.05) is 5.33 Å². The van der Waals surface area contributed by atoms with E-state index in [0.29, 0.717) is 0 Å². The highest BCUT2D eigenvalue weighted by Gasteiger charge is 2.15. The molecule has 0 aromatic rings. The van der Waals surface area contributed by atoms with Gasteiger partial charge in [-0.3, -0.25) is 0 Å². The van der Waals surface area contributed by atoms with E-state index in [2.05, 4.69) is 29.0 Å². The van der Waals surface area contributed by atoms with Gasteiger partial charge in [0.05, 0.1) is 0 Å². The maximum atomic E-state index is 6.39. The zero-order valence-corrected chi connectivity index (χ0v) is 29.2. The summed E-state index contributed by atoms with van der Waals surface area (Å²) < 4.78 is 0. The van der Waals surface area contributed by atoms with Crippen LogP contribution in [-0.4, -0.2) is 12.7 Å². The van der Waals surface area contributed by atoms with Crippen LogP contribution in [0.3, 0.4) is 0 Å². The number of hydrogen-bond acceptors (Lipinski definition) is 0. The van der Waals surface area contributed by atoms with Gasteiger partial charge in [0.15, 0.2) is 0 Å². The third kappa shape index (κ3) is 37.0. The fourth-order valence-corrected chi connectivity index (χ4v) is 7.48. The smallest absolute Gasteiger partial charge is 0.150 e. The van der Waals surface area contributed by atoms with Gasteiger partial charge in [-0.05, 0) is 12.5 Å². The molecule has 0 rings (SSSR count). The molecule has 224 valence electrons. The highest BCUT2D eigenvalue weighted by molar-refractivity contribution is 9.09. The first-order chi connectivity index (χ1) is 18.1. The summed E-state index contributed by atoms with van der Waals surface area (Å²) in [5.41, 5.74) is 0. The molecule has 0 aliphatic heterocycles. The van der Waals surface area contributed by atoms with Crippen molar-refractivity contribution in [1.29, 1.82) is 0 Å². The van der Waals surface area contributed by atoms with Crippen molar-refractivity contribution in [2.45, 2.75) is 212 Å². The summed E-state index contributed by atoms with van der Waals surface area (Å²) in [4.78, 5) is 0. The SMILES string of the molecule is C[Si](C)(Cl)CCCCCCCCCCCCCCCCCCCCCCCCCCCCCCCCBr. The predicted octanol–water partition coefficient (Wildman–Crippen LogP) is 14.5. The maximum Gasteiger partial charge on any atom is 0.150 e. The number of halogens is 2. The van der Waals surface area contributed by atoms with Crippen molar-refractivity contribution in [2.24, 2.45) is 0 Å². The second kappa shape index (κ2) is 31.5. The minimum atomic E-state index is -1.31. The summed E-state index contributed by atoms with van der Waals surface area (Å²) in [5.74, 6) is 0. The minimum absolute atomic E-state index is 1.19. The summed E-state index contributed by atoms with van der Waals surface area (Å²) in [6.45, 7) is 4.55. The van der Waals surface area contributed by atoms with Crippen molar-refractivity contribution in [2.75, 3.05) is 5.33 Å². The monoisotopic (exact) mass is 620 g/mol. The van der Waals surface area contributed by atoms with Crippen LogP contribution in [0.15, 0.2) is 0 Å². The van der Waals surface area contributed by atoms with Crippen molar-refractivity contribution in [3.8, 4) is 0 Å². The lowest BCUT2D eigenvalue weighted by Gasteiger charge is -2.11. The summed E-state index contributed by atoms with van der Waals surface area (Å²) in [6, 6.07) is 1.30. The first kappa shape index (κ1) is 38.0. The van der Waals surface area contributed by atoms with Crippen LogP contribution in [0.5, 0.6) is 0 Å². The molecule has 0 aromatic heterocycles. The minimum Gasteiger partial charge on any atom is -0.168 e. The van der Waals surface area contributed by atoms with E-state index in [4.69, 9.17) is 11.1 Å². The van der Waals surface area contributed by atoms with E-state index in [1.165, 1.54) is 204 Å². The first-order valence-electron chi connectivity index (χ1n) is 17.3. The zero-order chi connectivity index (χ0) is 27.1. The molecule has 0 atom stereocenters. The van der Waals surface area contributed by atoms with E-state index in [9.17, 15) is 0 Å². The van der Waals surface area contributed by atoms with E-state index in [1.54, 1.807) is 0 Å². The Balaban J connectivity index is 3.04. The van der Waals surface area contributed by atoms with E-state index < -0.39 is 7.38 Å².